The lowest BCUT2D eigenvalue weighted by molar-refractivity contribution is 0.101. The Kier molecular flexibility index (Phi) is 4.93. The summed E-state index contributed by atoms with van der Waals surface area (Å²) in [6, 6.07) is 12.3. The summed E-state index contributed by atoms with van der Waals surface area (Å²) in [7, 11) is 1.61. The largest absolute Gasteiger partial charge is 0.497 e. The molecule has 2 rings (SSSR count). The predicted octanol–water partition coefficient (Wildman–Crippen LogP) is 3.95. The zero-order valence-electron chi connectivity index (χ0n) is 12.1. The molecule has 0 N–H and O–H groups in total. The Morgan fingerprint density at radius 2 is 1.86 bits per heavy atom. The van der Waals surface area contributed by atoms with Gasteiger partial charge in [-0.2, -0.15) is 0 Å². The van der Waals surface area contributed by atoms with Gasteiger partial charge in [0.15, 0.2) is 5.78 Å². The van der Waals surface area contributed by atoms with Crippen molar-refractivity contribution in [2.24, 2.45) is 0 Å². The molecule has 0 aliphatic carbocycles. The van der Waals surface area contributed by atoms with Crippen LogP contribution in [0.2, 0.25) is 0 Å². The van der Waals surface area contributed by atoms with Crippen molar-refractivity contribution in [2.75, 3.05) is 7.11 Å². The summed E-state index contributed by atoms with van der Waals surface area (Å²) in [5.41, 5.74) is 1.83. The first-order valence-corrected chi connectivity index (χ1v) is 6.59. The van der Waals surface area contributed by atoms with Crippen LogP contribution in [-0.2, 0) is 13.3 Å². The maximum atomic E-state index is 13.0. The molecular weight excluding hydrogens is 271 g/mol. The maximum absolute atomic E-state index is 13.0. The van der Waals surface area contributed by atoms with Gasteiger partial charge in [0.2, 0.25) is 0 Å². The topological polar surface area (TPSA) is 35.5 Å². The highest BCUT2D eigenvalue weighted by Gasteiger charge is 2.08. The van der Waals surface area contributed by atoms with Crippen molar-refractivity contribution in [3.8, 4) is 11.5 Å². The van der Waals surface area contributed by atoms with Gasteiger partial charge < -0.3 is 9.47 Å². The molecule has 21 heavy (non-hydrogen) atoms. The molecule has 0 saturated heterocycles. The van der Waals surface area contributed by atoms with Gasteiger partial charge in [-0.15, -0.1) is 0 Å². The second kappa shape index (κ2) is 6.88. The van der Waals surface area contributed by atoms with E-state index in [1.807, 2.05) is 24.3 Å². The summed E-state index contributed by atoms with van der Waals surface area (Å²) >= 11 is 0. The van der Waals surface area contributed by atoms with E-state index in [2.05, 4.69) is 0 Å². The number of halogens is 1. The number of alkyl halides is 1. The first-order valence-electron chi connectivity index (χ1n) is 6.59. The number of carbonyl (C=O) groups excluding carboxylic acids is 1. The van der Waals surface area contributed by atoms with Gasteiger partial charge >= 0.3 is 0 Å². The highest BCUT2D eigenvalue weighted by Crippen LogP contribution is 2.23. The Labute approximate surface area is 123 Å². The summed E-state index contributed by atoms with van der Waals surface area (Å²) in [6.45, 7) is 1.12. The number of hydrogen-bond acceptors (Lipinski definition) is 3. The fourth-order valence-corrected chi connectivity index (χ4v) is 1.93. The van der Waals surface area contributed by atoms with Gasteiger partial charge in [0.05, 0.1) is 7.11 Å². The third kappa shape index (κ3) is 3.81. The standard InChI is InChI=1S/C17H17FO3/c1-12(19)14-5-8-17(15(9-14)10-18)21-11-13-3-6-16(20-2)7-4-13/h3-9H,10-11H2,1-2H3. The summed E-state index contributed by atoms with van der Waals surface area (Å²) < 4.78 is 23.8. The molecule has 0 aromatic heterocycles. The molecule has 0 heterocycles. The molecule has 2 aromatic rings. The number of hydrogen-bond donors (Lipinski definition) is 0. The lowest BCUT2D eigenvalue weighted by atomic mass is 10.1. The maximum Gasteiger partial charge on any atom is 0.159 e. The fourth-order valence-electron chi connectivity index (χ4n) is 1.93. The van der Waals surface area contributed by atoms with Crippen LogP contribution in [-0.4, -0.2) is 12.9 Å². The SMILES string of the molecule is COc1ccc(COc2ccc(C(C)=O)cc2CF)cc1. The summed E-state index contributed by atoms with van der Waals surface area (Å²) in [6.07, 6.45) is 0. The van der Waals surface area contributed by atoms with Crippen LogP contribution < -0.4 is 9.47 Å². The molecule has 0 aliphatic heterocycles. The van der Waals surface area contributed by atoms with Crippen LogP contribution in [0.25, 0.3) is 0 Å². The zero-order valence-corrected chi connectivity index (χ0v) is 12.1. The first kappa shape index (κ1) is 15.0. The smallest absolute Gasteiger partial charge is 0.159 e. The van der Waals surface area contributed by atoms with Gasteiger partial charge in [-0.3, -0.25) is 4.79 Å². The molecular formula is C17H17FO3. The Bertz CT molecular complexity index is 620. The van der Waals surface area contributed by atoms with E-state index in [-0.39, 0.29) is 5.78 Å². The second-order valence-electron chi connectivity index (χ2n) is 4.65. The van der Waals surface area contributed by atoms with Gasteiger partial charge in [0.1, 0.15) is 24.8 Å². The van der Waals surface area contributed by atoms with Crippen LogP contribution >= 0.6 is 0 Å². The van der Waals surface area contributed by atoms with Crippen molar-refractivity contribution in [3.63, 3.8) is 0 Å². The fraction of sp³-hybridized carbons (Fsp3) is 0.235. The lowest BCUT2D eigenvalue weighted by Gasteiger charge is -2.11. The lowest BCUT2D eigenvalue weighted by Crippen LogP contribution is -2.00. The van der Waals surface area contributed by atoms with E-state index in [9.17, 15) is 9.18 Å². The van der Waals surface area contributed by atoms with E-state index in [1.165, 1.54) is 13.0 Å². The van der Waals surface area contributed by atoms with Crippen LogP contribution in [0.4, 0.5) is 4.39 Å². The van der Waals surface area contributed by atoms with Gasteiger partial charge in [-0.25, -0.2) is 4.39 Å². The van der Waals surface area contributed by atoms with E-state index in [1.54, 1.807) is 19.2 Å². The van der Waals surface area contributed by atoms with Crippen molar-refractivity contribution >= 4 is 5.78 Å². The van der Waals surface area contributed by atoms with E-state index < -0.39 is 6.67 Å². The number of ether oxygens (including phenoxy) is 2. The van der Waals surface area contributed by atoms with E-state index in [4.69, 9.17) is 9.47 Å². The van der Waals surface area contributed by atoms with Gasteiger partial charge in [0.25, 0.3) is 0 Å². The number of benzene rings is 2. The average Bonchev–Trinajstić information content (AvgIpc) is 2.53. The summed E-state index contributed by atoms with van der Waals surface area (Å²) in [5, 5.41) is 0. The second-order valence-corrected chi connectivity index (χ2v) is 4.65. The minimum atomic E-state index is -0.668. The van der Waals surface area contributed by atoms with Crippen molar-refractivity contribution in [1.29, 1.82) is 0 Å². The summed E-state index contributed by atoms with van der Waals surface area (Å²) in [5.74, 6) is 1.14. The average molecular weight is 288 g/mol. The molecule has 110 valence electrons. The molecule has 0 spiro atoms. The van der Waals surface area contributed by atoms with E-state index >= 15 is 0 Å². The highest BCUT2D eigenvalue weighted by atomic mass is 19.1. The van der Waals surface area contributed by atoms with Crippen LogP contribution in [0.15, 0.2) is 42.5 Å². The number of ketones is 1. The van der Waals surface area contributed by atoms with Crippen molar-refractivity contribution < 1.29 is 18.7 Å². The first-order chi connectivity index (χ1) is 10.1. The number of rotatable bonds is 6. The molecule has 0 amide bonds. The number of carbonyl (C=O) groups is 1. The van der Waals surface area contributed by atoms with Gasteiger partial charge in [0, 0.05) is 11.1 Å². The predicted molar refractivity (Wildman–Crippen MR) is 78.6 cm³/mol. The van der Waals surface area contributed by atoms with Crippen molar-refractivity contribution in [3.05, 3.63) is 59.2 Å². The zero-order chi connectivity index (χ0) is 15.2. The minimum Gasteiger partial charge on any atom is -0.497 e. The molecule has 0 atom stereocenters. The van der Waals surface area contributed by atoms with E-state index in [0.29, 0.717) is 23.5 Å². The molecule has 4 heteroatoms. The molecule has 0 bridgehead atoms. The van der Waals surface area contributed by atoms with Gasteiger partial charge in [-0.05, 0) is 42.8 Å². The van der Waals surface area contributed by atoms with Crippen LogP contribution in [0.3, 0.4) is 0 Å². The van der Waals surface area contributed by atoms with Gasteiger partial charge in [-0.1, -0.05) is 12.1 Å². The quantitative estimate of drug-likeness (QED) is 0.755. The van der Waals surface area contributed by atoms with Crippen LogP contribution in [0, 0.1) is 0 Å². The third-order valence-corrected chi connectivity index (χ3v) is 3.16. The molecule has 0 radical (unpaired) electrons. The Morgan fingerprint density at radius 3 is 2.43 bits per heavy atom. The van der Waals surface area contributed by atoms with Crippen LogP contribution in [0.1, 0.15) is 28.4 Å². The molecule has 0 aliphatic rings. The van der Waals surface area contributed by atoms with Crippen LogP contribution in [0.5, 0.6) is 11.5 Å². The number of methoxy groups -OCH3 is 1. The number of Topliss-reactive ketones (excluding diaryl/α,β-unsaturated/α-hetero) is 1. The third-order valence-electron chi connectivity index (χ3n) is 3.16. The van der Waals surface area contributed by atoms with Crippen molar-refractivity contribution in [1.82, 2.24) is 0 Å². The molecule has 0 saturated carbocycles. The highest BCUT2D eigenvalue weighted by molar-refractivity contribution is 5.94. The molecule has 0 unspecified atom stereocenters. The normalized spacial score (nSPS) is 10.2. The Balaban J connectivity index is 2.09. The Hall–Kier alpha value is -2.36. The minimum absolute atomic E-state index is 0.0913. The molecule has 0 fully saturated rings. The van der Waals surface area contributed by atoms with E-state index in [0.717, 1.165) is 11.3 Å². The monoisotopic (exact) mass is 288 g/mol. The van der Waals surface area contributed by atoms with Crippen molar-refractivity contribution in [2.45, 2.75) is 20.2 Å². The summed E-state index contributed by atoms with van der Waals surface area (Å²) in [4.78, 5) is 11.3. The molecule has 2 aromatic carbocycles. The molecule has 3 nitrogen and oxygen atoms in total. The Morgan fingerprint density at radius 1 is 1.14 bits per heavy atom.